The van der Waals surface area contributed by atoms with Crippen molar-refractivity contribution >= 4 is 29.0 Å². The van der Waals surface area contributed by atoms with E-state index in [9.17, 15) is 9.90 Å². The molecule has 1 saturated heterocycles. The number of pyridine rings is 2. The zero-order chi connectivity index (χ0) is 25.8. The summed E-state index contributed by atoms with van der Waals surface area (Å²) in [5, 5.41) is 20.7. The lowest BCUT2D eigenvalue weighted by Gasteiger charge is -2.35. The number of halogens is 1. The molecule has 0 unspecified atom stereocenters. The zero-order valence-electron chi connectivity index (χ0n) is 20.5. The van der Waals surface area contributed by atoms with Gasteiger partial charge in [0.25, 0.3) is 5.91 Å². The number of nitrogens with zero attached hydrogens (tertiary/aromatic N) is 6. The summed E-state index contributed by atoms with van der Waals surface area (Å²) in [6, 6.07) is 9.60. The molecule has 37 heavy (non-hydrogen) atoms. The number of fused-ring (bicyclic) bond motifs is 1. The smallest absolute Gasteiger partial charge is 0.262 e. The topological polar surface area (TPSA) is 109 Å². The second-order valence-corrected chi connectivity index (χ2v) is 8.97. The summed E-state index contributed by atoms with van der Waals surface area (Å²) in [5.41, 5.74) is 3.16. The molecule has 1 aliphatic heterocycles. The Morgan fingerprint density at radius 3 is 2.95 bits per heavy atom. The minimum absolute atomic E-state index is 0.0223. The van der Waals surface area contributed by atoms with Crippen molar-refractivity contribution in [2.24, 2.45) is 0 Å². The van der Waals surface area contributed by atoms with Gasteiger partial charge in [-0.2, -0.15) is 4.68 Å². The molecule has 1 fully saturated rings. The maximum absolute atomic E-state index is 15.6. The minimum Gasteiger partial charge on any atom is -0.396 e. The Morgan fingerprint density at radius 1 is 1.27 bits per heavy atom. The monoisotopic (exact) mass is 501 g/mol. The summed E-state index contributed by atoms with van der Waals surface area (Å²) in [6.45, 7) is 3.41. The molecule has 1 aromatic carbocycles. The summed E-state index contributed by atoms with van der Waals surface area (Å²) in [5.74, 6) is -0.655. The van der Waals surface area contributed by atoms with E-state index in [1.165, 1.54) is 16.8 Å². The van der Waals surface area contributed by atoms with E-state index in [0.29, 0.717) is 35.6 Å². The molecule has 1 aliphatic rings. The van der Waals surface area contributed by atoms with Crippen LogP contribution in [0.15, 0.2) is 54.9 Å². The van der Waals surface area contributed by atoms with Gasteiger partial charge in [0.1, 0.15) is 17.2 Å². The highest BCUT2D eigenvalue weighted by Crippen LogP contribution is 2.29. The number of hydrogen-bond acceptors (Lipinski definition) is 7. The Kier molecular flexibility index (Phi) is 7.29. The number of amides is 1. The summed E-state index contributed by atoms with van der Waals surface area (Å²) in [6.07, 6.45) is 9.14. The highest BCUT2D eigenvalue weighted by Gasteiger charge is 2.32. The second kappa shape index (κ2) is 10.9. The molecule has 0 radical (unpaired) electrons. The molecule has 1 atom stereocenters. The van der Waals surface area contributed by atoms with Crippen molar-refractivity contribution in [3.8, 4) is 5.69 Å². The normalized spacial score (nSPS) is 15.9. The third-order valence-electron chi connectivity index (χ3n) is 6.49. The molecule has 9 nitrogen and oxygen atoms in total. The summed E-state index contributed by atoms with van der Waals surface area (Å²) < 4.78 is 17.0. The summed E-state index contributed by atoms with van der Waals surface area (Å²) in [7, 11) is 0. The van der Waals surface area contributed by atoms with Gasteiger partial charge in [-0.15, -0.1) is 5.10 Å². The molecule has 4 heterocycles. The van der Waals surface area contributed by atoms with Crippen LogP contribution in [-0.4, -0.2) is 61.7 Å². The van der Waals surface area contributed by atoms with Crippen LogP contribution in [0.1, 0.15) is 40.7 Å². The van der Waals surface area contributed by atoms with E-state index >= 15 is 4.39 Å². The van der Waals surface area contributed by atoms with Crippen molar-refractivity contribution in [2.45, 2.75) is 32.2 Å². The van der Waals surface area contributed by atoms with Crippen molar-refractivity contribution in [2.75, 3.05) is 24.6 Å². The standard InChI is InChI=1S/C27H28FN7O2/c1-18-11-14-31-25(21(18)7-2-3-15-36)34(20-6-4-12-29-17-20)27(37)22-10-9-19(16-23(22)28)35-26-24(32-33-35)8-5-13-30-26/h2,5,7-11,13-14,16,20,29,36H,3-4,6,12,15,17H2,1H3/b7-2+/t20-/m1/s1. The first-order valence-electron chi connectivity index (χ1n) is 12.3. The lowest BCUT2D eigenvalue weighted by atomic mass is 10.0. The fourth-order valence-electron chi connectivity index (χ4n) is 4.60. The van der Waals surface area contributed by atoms with E-state index < -0.39 is 11.7 Å². The first-order valence-corrected chi connectivity index (χ1v) is 12.3. The number of carbonyl (C=O) groups excluding carboxylic acids is 1. The van der Waals surface area contributed by atoms with Crippen LogP contribution < -0.4 is 10.2 Å². The maximum Gasteiger partial charge on any atom is 0.262 e. The third-order valence-corrected chi connectivity index (χ3v) is 6.49. The molecule has 0 aliphatic carbocycles. The lowest BCUT2D eigenvalue weighted by molar-refractivity contribution is 0.0967. The highest BCUT2D eigenvalue weighted by atomic mass is 19.1. The van der Waals surface area contributed by atoms with Gasteiger partial charge in [-0.05, 0) is 68.6 Å². The molecule has 0 saturated carbocycles. The van der Waals surface area contributed by atoms with Crippen LogP contribution in [-0.2, 0) is 0 Å². The first kappa shape index (κ1) is 24.7. The molecule has 4 aromatic rings. The molecular formula is C27H28FN7O2. The van der Waals surface area contributed by atoms with E-state index in [1.807, 2.05) is 25.1 Å². The highest BCUT2D eigenvalue weighted by molar-refractivity contribution is 6.07. The number of aryl methyl sites for hydroxylation is 1. The van der Waals surface area contributed by atoms with Crippen LogP contribution in [0, 0.1) is 12.7 Å². The molecule has 3 aromatic heterocycles. The van der Waals surface area contributed by atoms with Crippen LogP contribution >= 0.6 is 0 Å². The molecule has 5 rings (SSSR count). The molecule has 1 amide bonds. The number of nitrogens with one attached hydrogen (secondary N) is 1. The molecule has 0 bridgehead atoms. The number of anilines is 1. The van der Waals surface area contributed by atoms with Crippen molar-refractivity contribution < 1.29 is 14.3 Å². The number of aromatic nitrogens is 5. The van der Waals surface area contributed by atoms with Gasteiger partial charge in [-0.25, -0.2) is 14.4 Å². The van der Waals surface area contributed by atoms with Crippen molar-refractivity contribution in [1.82, 2.24) is 30.3 Å². The Morgan fingerprint density at radius 2 is 2.16 bits per heavy atom. The number of carbonyl (C=O) groups is 1. The van der Waals surface area contributed by atoms with E-state index in [2.05, 4.69) is 25.6 Å². The summed E-state index contributed by atoms with van der Waals surface area (Å²) >= 11 is 0. The van der Waals surface area contributed by atoms with Crippen LogP contribution in [0.25, 0.3) is 22.9 Å². The predicted octanol–water partition coefficient (Wildman–Crippen LogP) is 3.45. The quantitative estimate of drug-likeness (QED) is 0.399. The number of piperidine rings is 1. The molecular weight excluding hydrogens is 473 g/mol. The average molecular weight is 502 g/mol. The Balaban J connectivity index is 1.55. The molecule has 190 valence electrons. The molecule has 0 spiro atoms. The number of rotatable bonds is 7. The fraction of sp³-hybridized carbons (Fsp3) is 0.296. The Bertz CT molecular complexity index is 1450. The van der Waals surface area contributed by atoms with Crippen molar-refractivity contribution in [3.63, 3.8) is 0 Å². The largest absolute Gasteiger partial charge is 0.396 e. The Hall–Kier alpha value is -4.02. The van der Waals surface area contributed by atoms with Crippen molar-refractivity contribution in [1.29, 1.82) is 0 Å². The predicted molar refractivity (Wildman–Crippen MR) is 139 cm³/mol. The second-order valence-electron chi connectivity index (χ2n) is 8.97. The van der Waals surface area contributed by atoms with Crippen LogP contribution in [0.4, 0.5) is 10.2 Å². The van der Waals surface area contributed by atoms with Gasteiger partial charge in [0.2, 0.25) is 0 Å². The third kappa shape index (κ3) is 4.98. The van der Waals surface area contributed by atoms with Gasteiger partial charge in [0, 0.05) is 37.2 Å². The minimum atomic E-state index is -0.666. The maximum atomic E-state index is 15.6. The van der Waals surface area contributed by atoms with Gasteiger partial charge < -0.3 is 10.4 Å². The van der Waals surface area contributed by atoms with E-state index in [1.54, 1.807) is 35.5 Å². The number of benzene rings is 1. The SMILES string of the molecule is Cc1ccnc(N(C(=O)c2ccc(-n3nnc4cccnc43)cc2F)[C@@H]2CCCNC2)c1/C=C/CCO. The average Bonchev–Trinajstić information content (AvgIpc) is 3.35. The fourth-order valence-corrected chi connectivity index (χ4v) is 4.60. The molecule has 2 N–H and O–H groups in total. The van der Waals surface area contributed by atoms with E-state index in [4.69, 9.17) is 0 Å². The van der Waals surface area contributed by atoms with Crippen molar-refractivity contribution in [3.05, 3.63) is 77.4 Å². The van der Waals surface area contributed by atoms with Gasteiger partial charge in [-0.3, -0.25) is 9.69 Å². The number of aliphatic hydroxyl groups is 1. The Labute approximate surface area is 213 Å². The van der Waals surface area contributed by atoms with Crippen LogP contribution in [0.3, 0.4) is 0 Å². The molecule has 10 heteroatoms. The summed E-state index contributed by atoms with van der Waals surface area (Å²) in [4.78, 5) is 24.4. The van der Waals surface area contributed by atoms with E-state index in [-0.39, 0.29) is 18.2 Å². The number of hydrogen-bond donors (Lipinski definition) is 2. The van der Waals surface area contributed by atoms with Gasteiger partial charge in [0.15, 0.2) is 5.65 Å². The van der Waals surface area contributed by atoms with Crippen LogP contribution in [0.5, 0.6) is 0 Å². The van der Waals surface area contributed by atoms with E-state index in [0.717, 1.165) is 30.5 Å². The van der Waals surface area contributed by atoms with Gasteiger partial charge >= 0.3 is 0 Å². The van der Waals surface area contributed by atoms with Gasteiger partial charge in [-0.1, -0.05) is 17.4 Å². The van der Waals surface area contributed by atoms with Gasteiger partial charge in [0.05, 0.1) is 17.3 Å². The number of aliphatic hydroxyl groups excluding tert-OH is 1. The van der Waals surface area contributed by atoms with Crippen LogP contribution in [0.2, 0.25) is 0 Å². The zero-order valence-corrected chi connectivity index (χ0v) is 20.5. The lowest BCUT2D eigenvalue weighted by Crippen LogP contribution is -2.50. The first-order chi connectivity index (χ1) is 18.1.